The molecule has 2 aromatic rings. The van der Waals surface area contributed by atoms with Crippen molar-refractivity contribution in [2.45, 2.75) is 30.4 Å². The van der Waals surface area contributed by atoms with Gasteiger partial charge in [0.25, 0.3) is 0 Å². The smallest absolute Gasteiger partial charge is 0.341 e. The van der Waals surface area contributed by atoms with Crippen LogP contribution in [0.25, 0.3) is 11.1 Å². The summed E-state index contributed by atoms with van der Waals surface area (Å²) in [7, 11) is 0. The maximum atomic E-state index is 13.3. The van der Waals surface area contributed by atoms with Crippen molar-refractivity contribution in [3.8, 4) is 11.1 Å². The Morgan fingerprint density at radius 3 is 2.41 bits per heavy atom. The summed E-state index contributed by atoms with van der Waals surface area (Å²) in [5.74, 6) is -1.06. The van der Waals surface area contributed by atoms with Gasteiger partial charge in [0.05, 0.1) is 15.3 Å². The average molecular weight is 519 g/mol. The lowest BCUT2D eigenvalue weighted by atomic mass is 10.0. The van der Waals surface area contributed by atoms with Gasteiger partial charge in [-0.3, -0.25) is 4.79 Å². The summed E-state index contributed by atoms with van der Waals surface area (Å²) < 4.78 is 18.1. The number of ether oxygens (including phenoxy) is 1. The number of carbonyl (C=O) groups excluding carboxylic acids is 2. The molecule has 0 bridgehead atoms. The van der Waals surface area contributed by atoms with E-state index in [1.165, 1.54) is 23.5 Å². The van der Waals surface area contributed by atoms with E-state index in [9.17, 15) is 14.0 Å². The summed E-state index contributed by atoms with van der Waals surface area (Å²) in [6.07, 6.45) is 0.635. The van der Waals surface area contributed by atoms with Crippen molar-refractivity contribution in [2.24, 2.45) is 5.41 Å². The van der Waals surface area contributed by atoms with Crippen molar-refractivity contribution in [1.82, 2.24) is 0 Å². The molecule has 1 aromatic heterocycles. The molecule has 1 aliphatic rings. The number of carbonyl (C=O) groups is 2. The van der Waals surface area contributed by atoms with Gasteiger partial charge >= 0.3 is 5.97 Å². The molecule has 0 saturated heterocycles. The Labute approximate surface area is 177 Å². The minimum absolute atomic E-state index is 0.186. The fourth-order valence-corrected chi connectivity index (χ4v) is 5.42. The predicted molar refractivity (Wildman–Crippen MR) is 112 cm³/mol. The second-order valence-corrected chi connectivity index (χ2v) is 11.6. The highest BCUT2D eigenvalue weighted by Gasteiger charge is 2.66. The van der Waals surface area contributed by atoms with Crippen LogP contribution in [0.2, 0.25) is 0 Å². The largest absolute Gasteiger partial charge is 0.462 e. The zero-order chi connectivity index (χ0) is 20.0. The van der Waals surface area contributed by atoms with Gasteiger partial charge in [-0.1, -0.05) is 44.0 Å². The van der Waals surface area contributed by atoms with Gasteiger partial charge in [-0.2, -0.15) is 0 Å². The van der Waals surface area contributed by atoms with Gasteiger partial charge in [0.2, 0.25) is 5.91 Å². The van der Waals surface area contributed by atoms with Crippen LogP contribution in [0.1, 0.15) is 35.5 Å². The molecule has 1 saturated carbocycles. The van der Waals surface area contributed by atoms with Gasteiger partial charge in [-0.25, -0.2) is 9.18 Å². The van der Waals surface area contributed by atoms with E-state index in [4.69, 9.17) is 4.74 Å². The molecule has 3 rings (SSSR count). The van der Waals surface area contributed by atoms with Crippen molar-refractivity contribution in [1.29, 1.82) is 0 Å². The first-order chi connectivity index (χ1) is 12.6. The maximum absolute atomic E-state index is 13.3. The molecule has 1 aromatic carbocycles. The molecule has 27 heavy (non-hydrogen) atoms. The lowest BCUT2D eigenvalue weighted by molar-refractivity contribution is -0.120. The highest BCUT2D eigenvalue weighted by atomic mass is 79.9. The number of esters is 1. The number of rotatable bonds is 5. The average Bonchev–Trinajstić information content (AvgIpc) is 2.94. The fourth-order valence-electron chi connectivity index (χ4n) is 2.88. The van der Waals surface area contributed by atoms with Crippen LogP contribution >= 0.6 is 43.2 Å². The fraction of sp³-hybridized carbons (Fsp3) is 0.368. The minimum atomic E-state index is -0.618. The van der Waals surface area contributed by atoms with Gasteiger partial charge in [-0.15, -0.1) is 11.3 Å². The van der Waals surface area contributed by atoms with E-state index in [0.717, 1.165) is 4.88 Å². The Balaban J connectivity index is 2.04. The second kappa shape index (κ2) is 7.29. The number of hydrogen-bond acceptors (Lipinski definition) is 4. The van der Waals surface area contributed by atoms with Gasteiger partial charge in [0.15, 0.2) is 0 Å². The number of thiophene rings is 1. The number of benzene rings is 1. The Hall–Kier alpha value is -1.25. The molecule has 1 fully saturated rings. The van der Waals surface area contributed by atoms with Crippen molar-refractivity contribution in [3.63, 3.8) is 0 Å². The Bertz CT molecular complexity index is 910. The van der Waals surface area contributed by atoms with E-state index >= 15 is 0 Å². The summed E-state index contributed by atoms with van der Waals surface area (Å²) in [4.78, 5) is 26.3. The SMILES string of the molecule is CCOC(=O)c1c(NC(=O)[C@]2(C)CC2(Br)Br)sc(C)c1-c1ccc(F)cc1. The maximum Gasteiger partial charge on any atom is 0.341 e. The number of hydrogen-bond donors (Lipinski definition) is 1. The Morgan fingerprint density at radius 2 is 1.89 bits per heavy atom. The lowest BCUT2D eigenvalue weighted by Gasteiger charge is -2.13. The van der Waals surface area contributed by atoms with Crippen molar-refractivity contribution < 1.29 is 18.7 Å². The summed E-state index contributed by atoms with van der Waals surface area (Å²) >= 11 is 8.29. The Morgan fingerprint density at radius 1 is 1.30 bits per heavy atom. The number of anilines is 1. The molecule has 0 spiro atoms. The van der Waals surface area contributed by atoms with E-state index in [1.54, 1.807) is 19.1 Å². The van der Waals surface area contributed by atoms with E-state index in [0.29, 0.717) is 28.1 Å². The highest BCUT2D eigenvalue weighted by molar-refractivity contribution is 9.25. The van der Waals surface area contributed by atoms with E-state index in [2.05, 4.69) is 37.2 Å². The van der Waals surface area contributed by atoms with Crippen LogP contribution in [0.3, 0.4) is 0 Å². The highest BCUT2D eigenvalue weighted by Crippen LogP contribution is 2.66. The first-order valence-electron chi connectivity index (χ1n) is 8.36. The van der Waals surface area contributed by atoms with Crippen LogP contribution < -0.4 is 5.32 Å². The summed E-state index contributed by atoms with van der Waals surface area (Å²) in [5, 5.41) is 3.34. The monoisotopic (exact) mass is 517 g/mol. The zero-order valence-electron chi connectivity index (χ0n) is 15.0. The van der Waals surface area contributed by atoms with E-state index in [-0.39, 0.29) is 18.3 Å². The molecular weight excluding hydrogens is 501 g/mol. The molecule has 1 atom stereocenters. The van der Waals surface area contributed by atoms with E-state index < -0.39 is 14.6 Å². The summed E-state index contributed by atoms with van der Waals surface area (Å²) in [5.41, 5.74) is 1.03. The van der Waals surface area contributed by atoms with Crippen molar-refractivity contribution in [2.75, 3.05) is 11.9 Å². The van der Waals surface area contributed by atoms with Crippen LogP contribution in [0.5, 0.6) is 0 Å². The molecule has 0 radical (unpaired) electrons. The molecule has 1 amide bonds. The zero-order valence-corrected chi connectivity index (χ0v) is 19.0. The number of nitrogens with one attached hydrogen (secondary N) is 1. The van der Waals surface area contributed by atoms with Crippen LogP contribution in [-0.4, -0.2) is 21.7 Å². The first-order valence-corrected chi connectivity index (χ1v) is 10.8. The van der Waals surface area contributed by atoms with Crippen LogP contribution in [0, 0.1) is 18.2 Å². The molecule has 144 valence electrons. The van der Waals surface area contributed by atoms with Crippen molar-refractivity contribution in [3.05, 3.63) is 40.5 Å². The normalized spacial score (nSPS) is 20.2. The second-order valence-electron chi connectivity index (χ2n) is 6.63. The minimum Gasteiger partial charge on any atom is -0.462 e. The number of amides is 1. The number of aryl methyl sites for hydroxylation is 1. The lowest BCUT2D eigenvalue weighted by Crippen LogP contribution is -2.26. The molecule has 0 unspecified atom stereocenters. The van der Waals surface area contributed by atoms with E-state index in [1.807, 2.05) is 13.8 Å². The molecule has 8 heteroatoms. The van der Waals surface area contributed by atoms with Gasteiger partial charge in [0.1, 0.15) is 16.4 Å². The van der Waals surface area contributed by atoms with Gasteiger partial charge in [-0.05, 0) is 44.9 Å². The molecule has 1 heterocycles. The standard InChI is InChI=1S/C19H18Br2FNO3S/c1-4-26-16(24)14-13(11-5-7-12(22)8-6-11)10(2)27-15(14)23-17(25)18(3)9-19(18,20)21/h5-8H,4,9H2,1-3H3,(H,23,25)/t18-/m0/s1. The topological polar surface area (TPSA) is 55.4 Å². The molecule has 4 nitrogen and oxygen atoms in total. The van der Waals surface area contributed by atoms with Crippen molar-refractivity contribution >= 4 is 60.1 Å². The number of halogens is 3. The Kier molecular flexibility index (Phi) is 5.53. The van der Waals surface area contributed by atoms with Gasteiger partial charge in [0, 0.05) is 10.4 Å². The predicted octanol–water partition coefficient (Wildman–Crippen LogP) is 5.87. The third-order valence-corrected chi connectivity index (χ3v) is 8.01. The third-order valence-electron chi connectivity index (χ3n) is 4.68. The van der Waals surface area contributed by atoms with Crippen LogP contribution in [0.4, 0.5) is 9.39 Å². The quantitative estimate of drug-likeness (QED) is 0.397. The van der Waals surface area contributed by atoms with Crippen LogP contribution in [0.15, 0.2) is 24.3 Å². The molecule has 1 N–H and O–H groups in total. The third kappa shape index (κ3) is 3.71. The molecular formula is C19H18Br2FNO3S. The first kappa shape index (κ1) is 20.5. The summed E-state index contributed by atoms with van der Waals surface area (Å²) in [6.45, 7) is 5.65. The summed E-state index contributed by atoms with van der Waals surface area (Å²) in [6, 6.07) is 5.91. The molecule has 0 aliphatic heterocycles. The van der Waals surface area contributed by atoms with Gasteiger partial charge < -0.3 is 10.1 Å². The number of alkyl halides is 2. The molecule has 1 aliphatic carbocycles. The van der Waals surface area contributed by atoms with Crippen LogP contribution in [-0.2, 0) is 9.53 Å².